The monoisotopic (exact) mass is 231 g/mol. The van der Waals surface area contributed by atoms with Gasteiger partial charge in [0, 0.05) is 0 Å². The second kappa shape index (κ2) is 7.23. The molecule has 1 rings (SSSR count). The lowest BCUT2D eigenvalue weighted by Crippen LogP contribution is -2.05. The summed E-state index contributed by atoms with van der Waals surface area (Å²) >= 11 is 0. The first-order valence-corrected chi connectivity index (χ1v) is 4.22. The Labute approximate surface area is 94.7 Å². The number of methoxy groups -OCH3 is 1. The van der Waals surface area contributed by atoms with Crippen LogP contribution in [0.2, 0.25) is 0 Å². The first-order valence-electron chi connectivity index (χ1n) is 4.22. The fraction of sp³-hybridized carbons (Fsp3) is 0.300. The molecule has 0 spiro atoms. The lowest BCUT2D eigenvalue weighted by molar-refractivity contribution is -0.139. The first kappa shape index (κ1) is 13.9. The Morgan fingerprint density at radius 1 is 1.40 bits per heavy atom. The summed E-state index contributed by atoms with van der Waals surface area (Å²) < 4.78 is 4.56. The van der Waals surface area contributed by atoms with Crippen LogP contribution in [-0.2, 0) is 27.4 Å². The van der Waals surface area contributed by atoms with Crippen LogP contribution in [0.15, 0.2) is 24.3 Å². The summed E-state index contributed by atoms with van der Waals surface area (Å²) in [5.74, 6) is 4.69. The van der Waals surface area contributed by atoms with E-state index in [1.807, 2.05) is 24.3 Å². The maximum absolute atomic E-state index is 11.0. The summed E-state index contributed by atoms with van der Waals surface area (Å²) in [7, 11) is 1.37. The number of hydrogen-bond donors (Lipinski definition) is 1. The minimum absolute atomic E-state index is 0. The number of carbonyl (C=O) groups excluding carboxylic acids is 1. The van der Waals surface area contributed by atoms with Gasteiger partial charge in [-0.15, -0.1) is 12.4 Å². The summed E-state index contributed by atoms with van der Waals surface area (Å²) in [6.07, 6.45) is 0.273. The van der Waals surface area contributed by atoms with Crippen LogP contribution in [0.3, 0.4) is 0 Å². The Morgan fingerprint density at radius 2 is 2.07 bits per heavy atom. The quantitative estimate of drug-likeness (QED) is 0.625. The van der Waals surface area contributed by atoms with E-state index in [2.05, 4.69) is 9.57 Å². The lowest BCUT2D eigenvalue weighted by Gasteiger charge is -2.03. The normalized spacial score (nSPS) is 9.20. The van der Waals surface area contributed by atoms with Crippen molar-refractivity contribution in [1.82, 2.24) is 0 Å². The van der Waals surface area contributed by atoms with Crippen molar-refractivity contribution in [2.24, 2.45) is 5.90 Å². The van der Waals surface area contributed by atoms with Crippen LogP contribution in [-0.4, -0.2) is 13.1 Å². The molecule has 2 N–H and O–H groups in total. The Hall–Kier alpha value is -1.10. The van der Waals surface area contributed by atoms with Crippen molar-refractivity contribution in [2.75, 3.05) is 7.11 Å². The fourth-order valence-electron chi connectivity index (χ4n) is 1.16. The highest BCUT2D eigenvalue weighted by molar-refractivity contribution is 5.85. The number of rotatable bonds is 4. The van der Waals surface area contributed by atoms with Crippen LogP contribution in [0.1, 0.15) is 11.1 Å². The van der Waals surface area contributed by atoms with Crippen LogP contribution in [0, 0.1) is 0 Å². The van der Waals surface area contributed by atoms with Crippen LogP contribution >= 0.6 is 12.4 Å². The molecule has 1 aromatic carbocycles. The molecule has 0 aliphatic carbocycles. The van der Waals surface area contributed by atoms with E-state index in [4.69, 9.17) is 5.90 Å². The molecule has 0 aliphatic rings. The predicted octanol–water partition coefficient (Wildman–Crippen LogP) is 1.21. The number of nitrogens with two attached hydrogens (primary N) is 1. The van der Waals surface area contributed by atoms with Crippen LogP contribution in [0.5, 0.6) is 0 Å². The summed E-state index contributed by atoms with van der Waals surface area (Å²) in [5, 5.41) is 0. The zero-order chi connectivity index (χ0) is 10.4. The minimum Gasteiger partial charge on any atom is -0.469 e. The van der Waals surface area contributed by atoms with Crippen molar-refractivity contribution in [3.63, 3.8) is 0 Å². The van der Waals surface area contributed by atoms with Crippen molar-refractivity contribution >= 4 is 18.4 Å². The molecule has 4 nitrogen and oxygen atoms in total. The average Bonchev–Trinajstić information content (AvgIpc) is 2.19. The molecule has 84 valence electrons. The number of hydrogen-bond acceptors (Lipinski definition) is 4. The molecule has 0 aromatic heterocycles. The Bertz CT molecular complexity index is 317. The molecule has 0 heterocycles. The zero-order valence-corrected chi connectivity index (χ0v) is 9.25. The van der Waals surface area contributed by atoms with E-state index in [0.29, 0.717) is 6.61 Å². The molecule has 0 amide bonds. The van der Waals surface area contributed by atoms with Gasteiger partial charge in [0.1, 0.15) is 0 Å². The van der Waals surface area contributed by atoms with Crippen molar-refractivity contribution < 1.29 is 14.4 Å². The second-order valence-corrected chi connectivity index (χ2v) is 2.88. The minimum atomic E-state index is -0.254. The summed E-state index contributed by atoms with van der Waals surface area (Å²) in [4.78, 5) is 15.5. The molecule has 0 unspecified atom stereocenters. The zero-order valence-electron chi connectivity index (χ0n) is 8.43. The smallest absolute Gasteiger partial charge is 0.309 e. The molecule has 1 aromatic rings. The van der Waals surface area contributed by atoms with E-state index >= 15 is 0 Å². The highest BCUT2D eigenvalue weighted by Gasteiger charge is 2.02. The van der Waals surface area contributed by atoms with E-state index in [0.717, 1.165) is 11.1 Å². The fourth-order valence-corrected chi connectivity index (χ4v) is 1.16. The van der Waals surface area contributed by atoms with Gasteiger partial charge >= 0.3 is 5.97 Å². The van der Waals surface area contributed by atoms with E-state index in [1.54, 1.807) is 0 Å². The maximum atomic E-state index is 11.0. The summed E-state index contributed by atoms with van der Waals surface area (Å²) in [6, 6.07) is 7.46. The van der Waals surface area contributed by atoms with E-state index < -0.39 is 0 Å². The molecule has 0 aliphatic heterocycles. The summed E-state index contributed by atoms with van der Waals surface area (Å²) in [5.41, 5.74) is 1.83. The molecule has 0 atom stereocenters. The molecular formula is C10H14ClNO3. The van der Waals surface area contributed by atoms with Crippen LogP contribution in [0.25, 0.3) is 0 Å². The molecular weight excluding hydrogens is 218 g/mol. The molecule has 5 heteroatoms. The second-order valence-electron chi connectivity index (χ2n) is 2.88. The van der Waals surface area contributed by atoms with E-state index in [1.165, 1.54) is 7.11 Å². The van der Waals surface area contributed by atoms with Crippen molar-refractivity contribution in [1.29, 1.82) is 0 Å². The molecule has 0 saturated heterocycles. The van der Waals surface area contributed by atoms with Gasteiger partial charge in [0.05, 0.1) is 20.1 Å². The SMILES string of the molecule is COC(=O)Cc1cccc(CON)c1.Cl. The standard InChI is InChI=1S/C10H13NO3.ClH/c1-13-10(12)6-8-3-2-4-9(5-8)7-14-11;/h2-5H,6-7,11H2,1H3;1H. The third-order valence-electron chi connectivity index (χ3n) is 1.82. The Kier molecular flexibility index (Phi) is 6.70. The van der Waals surface area contributed by atoms with Gasteiger partial charge in [0.15, 0.2) is 0 Å². The molecule has 0 fully saturated rings. The van der Waals surface area contributed by atoms with Gasteiger partial charge in [-0.25, -0.2) is 5.90 Å². The van der Waals surface area contributed by atoms with Gasteiger partial charge in [-0.3, -0.25) is 9.63 Å². The predicted molar refractivity (Wildman–Crippen MR) is 58.4 cm³/mol. The summed E-state index contributed by atoms with van der Waals surface area (Å²) in [6.45, 7) is 0.342. The third kappa shape index (κ3) is 4.78. The topological polar surface area (TPSA) is 61.5 Å². The number of ether oxygens (including phenoxy) is 1. The largest absolute Gasteiger partial charge is 0.469 e. The van der Waals surface area contributed by atoms with E-state index in [9.17, 15) is 4.79 Å². The van der Waals surface area contributed by atoms with Crippen molar-refractivity contribution in [2.45, 2.75) is 13.0 Å². The van der Waals surface area contributed by atoms with Gasteiger partial charge < -0.3 is 4.74 Å². The highest BCUT2D eigenvalue weighted by atomic mass is 35.5. The lowest BCUT2D eigenvalue weighted by atomic mass is 10.1. The van der Waals surface area contributed by atoms with Crippen LogP contribution in [0.4, 0.5) is 0 Å². The maximum Gasteiger partial charge on any atom is 0.309 e. The van der Waals surface area contributed by atoms with Gasteiger partial charge in [-0.1, -0.05) is 24.3 Å². The molecule has 0 saturated carbocycles. The number of halogens is 1. The third-order valence-corrected chi connectivity index (χ3v) is 1.82. The number of benzene rings is 1. The molecule has 0 bridgehead atoms. The molecule has 0 radical (unpaired) electrons. The number of esters is 1. The van der Waals surface area contributed by atoms with Gasteiger partial charge in [0.2, 0.25) is 0 Å². The number of carbonyl (C=O) groups is 1. The Morgan fingerprint density at radius 3 is 2.67 bits per heavy atom. The highest BCUT2D eigenvalue weighted by Crippen LogP contribution is 2.07. The van der Waals surface area contributed by atoms with E-state index in [-0.39, 0.29) is 24.8 Å². The van der Waals surface area contributed by atoms with Crippen molar-refractivity contribution in [3.05, 3.63) is 35.4 Å². The molecule has 15 heavy (non-hydrogen) atoms. The van der Waals surface area contributed by atoms with Gasteiger partial charge in [-0.2, -0.15) is 0 Å². The van der Waals surface area contributed by atoms with Crippen LogP contribution < -0.4 is 5.90 Å². The van der Waals surface area contributed by atoms with Gasteiger partial charge in [0.25, 0.3) is 0 Å². The van der Waals surface area contributed by atoms with Gasteiger partial charge in [-0.05, 0) is 11.1 Å². The Balaban J connectivity index is 0.00000196. The first-order chi connectivity index (χ1) is 6.76. The van der Waals surface area contributed by atoms with Crippen molar-refractivity contribution in [3.8, 4) is 0 Å². The average molecular weight is 232 g/mol.